The van der Waals surface area contributed by atoms with Gasteiger partial charge in [0.15, 0.2) is 5.69 Å². The molecule has 0 fully saturated rings. The van der Waals surface area contributed by atoms with E-state index in [1.165, 1.54) is 16.7 Å². The van der Waals surface area contributed by atoms with Gasteiger partial charge in [0.05, 0.1) is 11.0 Å². The second-order valence-corrected chi connectivity index (χ2v) is 4.43. The van der Waals surface area contributed by atoms with Gasteiger partial charge in [0.1, 0.15) is 0 Å². The quantitative estimate of drug-likeness (QED) is 0.677. The second kappa shape index (κ2) is 6.31. The van der Waals surface area contributed by atoms with Crippen LogP contribution in [0.1, 0.15) is 28.8 Å². The van der Waals surface area contributed by atoms with Gasteiger partial charge in [-0.25, -0.2) is 9.78 Å². The Kier molecular flexibility index (Phi) is 5.05. The van der Waals surface area contributed by atoms with E-state index in [4.69, 9.17) is 10.8 Å². The van der Waals surface area contributed by atoms with Crippen LogP contribution in [0.4, 0.5) is 0 Å². The summed E-state index contributed by atoms with van der Waals surface area (Å²) in [5.41, 5.74) is 5.58. The van der Waals surface area contributed by atoms with Crippen LogP contribution >= 0.6 is 11.3 Å². The molecular weight excluding hydrogens is 242 g/mol. The molecule has 0 aliphatic rings. The average Bonchev–Trinajstić information content (AvgIpc) is 2.76. The van der Waals surface area contributed by atoms with Gasteiger partial charge in [-0.1, -0.05) is 6.92 Å². The Hall–Kier alpha value is -1.47. The van der Waals surface area contributed by atoms with Crippen molar-refractivity contribution in [2.24, 2.45) is 5.73 Å². The van der Waals surface area contributed by atoms with Gasteiger partial charge in [0.25, 0.3) is 0 Å². The molecule has 6 nitrogen and oxygen atoms in total. The number of hydrogen-bond acceptors (Lipinski definition) is 5. The first-order valence-electron chi connectivity index (χ1n) is 5.25. The highest BCUT2D eigenvalue weighted by Gasteiger charge is 2.11. The molecular formula is C10H15N3O3S. The molecule has 0 aliphatic carbocycles. The fourth-order valence-corrected chi connectivity index (χ4v) is 1.91. The number of carboxylic acids is 1. The van der Waals surface area contributed by atoms with E-state index in [9.17, 15) is 9.59 Å². The highest BCUT2D eigenvalue weighted by atomic mass is 32.1. The number of rotatable bonds is 6. The van der Waals surface area contributed by atoms with E-state index in [1.54, 1.807) is 0 Å². The number of nitrogens with one attached hydrogen (secondary N) is 1. The van der Waals surface area contributed by atoms with Crippen molar-refractivity contribution in [3.05, 3.63) is 16.1 Å². The summed E-state index contributed by atoms with van der Waals surface area (Å²) in [5, 5.41) is 13.5. The third-order valence-corrected chi connectivity index (χ3v) is 3.09. The maximum Gasteiger partial charge on any atom is 0.355 e. The number of aromatic nitrogens is 1. The SMILES string of the molecule is CC[C@H](N)C(=O)NCCc1nc(C(=O)O)cs1. The molecule has 1 amide bonds. The molecule has 0 spiro atoms. The first kappa shape index (κ1) is 13.6. The van der Waals surface area contributed by atoms with E-state index in [1.807, 2.05) is 6.92 Å². The van der Waals surface area contributed by atoms with Crippen molar-refractivity contribution in [3.63, 3.8) is 0 Å². The highest BCUT2D eigenvalue weighted by Crippen LogP contribution is 2.09. The van der Waals surface area contributed by atoms with Gasteiger partial charge in [0.2, 0.25) is 5.91 Å². The molecule has 4 N–H and O–H groups in total. The van der Waals surface area contributed by atoms with Crippen LogP contribution in [0.2, 0.25) is 0 Å². The van der Waals surface area contributed by atoms with E-state index < -0.39 is 12.0 Å². The molecule has 1 aromatic heterocycles. The van der Waals surface area contributed by atoms with Crippen LogP contribution in [-0.4, -0.2) is 34.6 Å². The van der Waals surface area contributed by atoms with Crippen LogP contribution < -0.4 is 11.1 Å². The second-order valence-electron chi connectivity index (χ2n) is 3.49. The summed E-state index contributed by atoms with van der Waals surface area (Å²) >= 11 is 1.27. The van der Waals surface area contributed by atoms with Crippen molar-refractivity contribution < 1.29 is 14.7 Å². The van der Waals surface area contributed by atoms with E-state index in [-0.39, 0.29) is 11.6 Å². The average molecular weight is 257 g/mol. The zero-order valence-electron chi connectivity index (χ0n) is 9.47. The maximum absolute atomic E-state index is 11.3. The summed E-state index contributed by atoms with van der Waals surface area (Å²) in [5.74, 6) is -1.23. The largest absolute Gasteiger partial charge is 0.476 e. The minimum atomic E-state index is -1.04. The molecule has 1 rings (SSSR count). The molecule has 1 heterocycles. The van der Waals surface area contributed by atoms with Gasteiger partial charge in [0, 0.05) is 18.3 Å². The maximum atomic E-state index is 11.3. The van der Waals surface area contributed by atoms with Crippen LogP contribution in [0.25, 0.3) is 0 Å². The fraction of sp³-hybridized carbons (Fsp3) is 0.500. The van der Waals surface area contributed by atoms with Gasteiger partial charge >= 0.3 is 5.97 Å². The Bertz CT molecular complexity index is 405. The van der Waals surface area contributed by atoms with Crippen molar-refractivity contribution >= 4 is 23.2 Å². The van der Waals surface area contributed by atoms with Gasteiger partial charge in [-0.05, 0) is 6.42 Å². The summed E-state index contributed by atoms with van der Waals surface area (Å²) in [6, 6.07) is -0.485. The summed E-state index contributed by atoms with van der Waals surface area (Å²) in [6.45, 7) is 2.25. The topological polar surface area (TPSA) is 105 Å². The minimum absolute atomic E-state index is 0.0431. The van der Waals surface area contributed by atoms with E-state index in [0.29, 0.717) is 24.4 Å². The summed E-state index contributed by atoms with van der Waals surface area (Å²) in [4.78, 5) is 25.8. The lowest BCUT2D eigenvalue weighted by atomic mass is 10.2. The van der Waals surface area contributed by atoms with Crippen molar-refractivity contribution in [3.8, 4) is 0 Å². The standard InChI is InChI=1S/C10H15N3O3S/c1-2-6(11)9(14)12-4-3-8-13-7(5-17-8)10(15)16/h5-6H,2-4,11H2,1H3,(H,12,14)(H,15,16)/t6-/m0/s1. The third-order valence-electron chi connectivity index (χ3n) is 2.19. The van der Waals surface area contributed by atoms with Crippen molar-refractivity contribution in [2.75, 3.05) is 6.54 Å². The van der Waals surface area contributed by atoms with E-state index in [2.05, 4.69) is 10.3 Å². The van der Waals surface area contributed by atoms with Crippen LogP contribution in [0.15, 0.2) is 5.38 Å². The predicted octanol–water partition coefficient (Wildman–Crippen LogP) is 0.237. The number of carbonyl (C=O) groups excluding carboxylic acids is 1. The first-order chi connectivity index (χ1) is 8.04. The molecule has 1 atom stereocenters. The number of nitrogens with zero attached hydrogens (tertiary/aromatic N) is 1. The molecule has 0 aliphatic heterocycles. The molecule has 0 saturated carbocycles. The molecule has 0 saturated heterocycles. The smallest absolute Gasteiger partial charge is 0.355 e. The fourth-order valence-electron chi connectivity index (χ4n) is 1.13. The lowest BCUT2D eigenvalue weighted by molar-refractivity contribution is -0.122. The molecule has 7 heteroatoms. The van der Waals surface area contributed by atoms with E-state index in [0.717, 1.165) is 0 Å². The number of thiazole rings is 1. The van der Waals surface area contributed by atoms with Crippen LogP contribution in [0.3, 0.4) is 0 Å². The van der Waals surface area contributed by atoms with Gasteiger partial charge in [-0.15, -0.1) is 11.3 Å². The predicted molar refractivity (Wildman–Crippen MR) is 64.1 cm³/mol. The Morgan fingerprint density at radius 1 is 1.65 bits per heavy atom. The van der Waals surface area contributed by atoms with Gasteiger partial charge < -0.3 is 16.2 Å². The molecule has 0 bridgehead atoms. The van der Waals surface area contributed by atoms with Crippen LogP contribution in [-0.2, 0) is 11.2 Å². The van der Waals surface area contributed by atoms with Crippen molar-refractivity contribution in [2.45, 2.75) is 25.8 Å². The lowest BCUT2D eigenvalue weighted by Crippen LogP contribution is -2.40. The van der Waals surface area contributed by atoms with E-state index >= 15 is 0 Å². The Morgan fingerprint density at radius 2 is 2.35 bits per heavy atom. The third kappa shape index (κ3) is 4.12. The number of carboxylic acid groups (broad SMARTS) is 1. The molecule has 0 unspecified atom stereocenters. The highest BCUT2D eigenvalue weighted by molar-refractivity contribution is 7.09. The normalized spacial score (nSPS) is 12.1. The molecule has 94 valence electrons. The molecule has 17 heavy (non-hydrogen) atoms. The zero-order chi connectivity index (χ0) is 12.8. The Morgan fingerprint density at radius 3 is 2.88 bits per heavy atom. The molecule has 0 aromatic carbocycles. The Labute approximate surface area is 103 Å². The summed E-state index contributed by atoms with van der Waals surface area (Å²) in [6.07, 6.45) is 1.10. The summed E-state index contributed by atoms with van der Waals surface area (Å²) < 4.78 is 0. The summed E-state index contributed by atoms with van der Waals surface area (Å²) in [7, 11) is 0. The Balaban J connectivity index is 2.35. The lowest BCUT2D eigenvalue weighted by Gasteiger charge is -2.08. The van der Waals surface area contributed by atoms with Gasteiger partial charge in [-0.3, -0.25) is 4.79 Å². The number of amides is 1. The number of hydrogen-bond donors (Lipinski definition) is 3. The van der Waals surface area contributed by atoms with Crippen LogP contribution in [0.5, 0.6) is 0 Å². The zero-order valence-corrected chi connectivity index (χ0v) is 10.3. The minimum Gasteiger partial charge on any atom is -0.476 e. The van der Waals surface area contributed by atoms with Crippen LogP contribution in [0, 0.1) is 0 Å². The van der Waals surface area contributed by atoms with Crippen molar-refractivity contribution in [1.82, 2.24) is 10.3 Å². The number of carbonyl (C=O) groups is 2. The number of nitrogens with two attached hydrogens (primary N) is 1. The van der Waals surface area contributed by atoms with Crippen molar-refractivity contribution in [1.29, 1.82) is 0 Å². The number of aromatic carboxylic acids is 1. The van der Waals surface area contributed by atoms with Gasteiger partial charge in [-0.2, -0.15) is 0 Å². The monoisotopic (exact) mass is 257 g/mol. The molecule has 1 aromatic rings. The molecule has 0 radical (unpaired) electrons. The first-order valence-corrected chi connectivity index (χ1v) is 6.13.